The van der Waals surface area contributed by atoms with E-state index in [9.17, 15) is 4.79 Å². The van der Waals surface area contributed by atoms with Crippen LogP contribution in [0.3, 0.4) is 0 Å². The molecule has 23 heavy (non-hydrogen) atoms. The van der Waals surface area contributed by atoms with Crippen LogP contribution in [-0.4, -0.2) is 23.3 Å². The Labute approximate surface area is 141 Å². The van der Waals surface area contributed by atoms with E-state index in [0.717, 1.165) is 32.1 Å². The number of unbranched alkanes of at least 4 members (excludes halogenated alkanes) is 4. The van der Waals surface area contributed by atoms with Gasteiger partial charge in [0.1, 0.15) is 0 Å². The number of allylic oxidation sites excluding steroid dienone is 4. The molecule has 0 spiro atoms. The van der Waals surface area contributed by atoms with Gasteiger partial charge in [0.25, 0.3) is 0 Å². The first-order valence-corrected chi connectivity index (χ1v) is 9.06. The fourth-order valence-electron chi connectivity index (χ4n) is 2.44. The Morgan fingerprint density at radius 2 is 1.52 bits per heavy atom. The SMILES string of the molecule is CCCCC/C=C/C/C=C/C[C@H]1O[C@H]1C/C=C/CCCC(=O)O. The second kappa shape index (κ2) is 13.1. The lowest BCUT2D eigenvalue weighted by Gasteiger charge is -1.91. The van der Waals surface area contributed by atoms with Gasteiger partial charge in [-0.3, -0.25) is 4.79 Å². The second-order valence-electron chi connectivity index (χ2n) is 6.12. The van der Waals surface area contributed by atoms with Crippen LogP contribution < -0.4 is 0 Å². The summed E-state index contributed by atoms with van der Waals surface area (Å²) in [6.07, 6.45) is 23.8. The summed E-state index contributed by atoms with van der Waals surface area (Å²) in [6, 6.07) is 0. The van der Waals surface area contributed by atoms with Gasteiger partial charge in [0.05, 0.1) is 12.2 Å². The van der Waals surface area contributed by atoms with Crippen LogP contribution in [0.4, 0.5) is 0 Å². The zero-order valence-corrected chi connectivity index (χ0v) is 14.5. The molecule has 1 fully saturated rings. The molecule has 0 bridgehead atoms. The summed E-state index contributed by atoms with van der Waals surface area (Å²) in [7, 11) is 0. The normalized spacial score (nSPS) is 20.9. The third-order valence-electron chi connectivity index (χ3n) is 3.93. The molecule has 3 nitrogen and oxygen atoms in total. The highest BCUT2D eigenvalue weighted by Crippen LogP contribution is 2.29. The van der Waals surface area contributed by atoms with Crippen LogP contribution in [-0.2, 0) is 9.53 Å². The van der Waals surface area contributed by atoms with Gasteiger partial charge in [0, 0.05) is 6.42 Å². The smallest absolute Gasteiger partial charge is 0.303 e. The molecule has 0 unspecified atom stereocenters. The van der Waals surface area contributed by atoms with Crippen molar-refractivity contribution in [1.82, 2.24) is 0 Å². The van der Waals surface area contributed by atoms with Crippen molar-refractivity contribution < 1.29 is 14.6 Å². The van der Waals surface area contributed by atoms with Crippen molar-refractivity contribution in [3.63, 3.8) is 0 Å². The van der Waals surface area contributed by atoms with Crippen LogP contribution in [0.15, 0.2) is 36.5 Å². The number of hydrogen-bond donors (Lipinski definition) is 1. The standard InChI is InChI=1S/C20H32O3/c1-2-3-4-5-6-7-8-9-12-15-18-19(23-18)16-13-10-11-14-17-20(21)22/h6-7,9-10,12-13,18-19H,2-5,8,11,14-17H2,1H3,(H,21,22)/b7-6+,12-9+,13-10+/t18-,19+/m1/s1. The molecule has 1 aliphatic heterocycles. The third kappa shape index (κ3) is 11.8. The Hall–Kier alpha value is -1.35. The largest absolute Gasteiger partial charge is 0.481 e. The summed E-state index contributed by atoms with van der Waals surface area (Å²) < 4.78 is 5.62. The van der Waals surface area contributed by atoms with Crippen LogP contribution >= 0.6 is 0 Å². The average molecular weight is 320 g/mol. The van der Waals surface area contributed by atoms with Crippen LogP contribution in [0.25, 0.3) is 0 Å². The maximum Gasteiger partial charge on any atom is 0.303 e. The number of epoxide rings is 1. The Morgan fingerprint density at radius 1 is 0.913 bits per heavy atom. The van der Waals surface area contributed by atoms with Crippen molar-refractivity contribution in [1.29, 1.82) is 0 Å². The van der Waals surface area contributed by atoms with E-state index in [1.807, 2.05) is 0 Å². The average Bonchev–Trinajstić information content (AvgIpc) is 3.27. The maximum absolute atomic E-state index is 10.4. The molecule has 130 valence electrons. The van der Waals surface area contributed by atoms with E-state index in [1.165, 1.54) is 25.7 Å². The fraction of sp³-hybridized carbons (Fsp3) is 0.650. The predicted molar refractivity (Wildman–Crippen MR) is 95.6 cm³/mol. The zero-order chi connectivity index (χ0) is 16.8. The summed E-state index contributed by atoms with van der Waals surface area (Å²) in [6.45, 7) is 2.23. The van der Waals surface area contributed by atoms with Crippen molar-refractivity contribution >= 4 is 5.97 Å². The molecule has 1 saturated heterocycles. The van der Waals surface area contributed by atoms with Crippen molar-refractivity contribution in [3.8, 4) is 0 Å². The lowest BCUT2D eigenvalue weighted by atomic mass is 10.1. The molecule has 1 N–H and O–H groups in total. The van der Waals surface area contributed by atoms with Gasteiger partial charge < -0.3 is 9.84 Å². The van der Waals surface area contributed by atoms with Crippen molar-refractivity contribution in [2.24, 2.45) is 0 Å². The van der Waals surface area contributed by atoms with E-state index in [2.05, 4.69) is 43.4 Å². The van der Waals surface area contributed by atoms with E-state index in [4.69, 9.17) is 9.84 Å². The third-order valence-corrected chi connectivity index (χ3v) is 3.93. The minimum atomic E-state index is -0.716. The number of hydrogen-bond acceptors (Lipinski definition) is 2. The first-order chi connectivity index (χ1) is 11.2. The van der Waals surface area contributed by atoms with E-state index in [1.54, 1.807) is 0 Å². The van der Waals surface area contributed by atoms with Gasteiger partial charge in [0.2, 0.25) is 0 Å². The molecular weight excluding hydrogens is 288 g/mol. The predicted octanol–water partition coefficient (Wildman–Crippen LogP) is 5.43. The van der Waals surface area contributed by atoms with E-state index >= 15 is 0 Å². The van der Waals surface area contributed by atoms with Crippen LogP contribution in [0, 0.1) is 0 Å². The molecule has 1 heterocycles. The van der Waals surface area contributed by atoms with E-state index in [-0.39, 0.29) is 6.42 Å². The highest BCUT2D eigenvalue weighted by Gasteiger charge is 2.35. The highest BCUT2D eigenvalue weighted by molar-refractivity contribution is 5.66. The molecule has 0 aromatic carbocycles. The quantitative estimate of drug-likeness (QED) is 0.264. The topological polar surface area (TPSA) is 49.8 Å². The number of carboxylic acids is 1. The van der Waals surface area contributed by atoms with Gasteiger partial charge in [-0.2, -0.15) is 0 Å². The number of carboxylic acid groups (broad SMARTS) is 1. The summed E-state index contributed by atoms with van der Waals surface area (Å²) in [5.41, 5.74) is 0. The maximum atomic E-state index is 10.4. The van der Waals surface area contributed by atoms with Crippen molar-refractivity contribution in [2.45, 2.75) is 83.3 Å². The van der Waals surface area contributed by atoms with Crippen molar-refractivity contribution in [2.75, 3.05) is 0 Å². The van der Waals surface area contributed by atoms with Gasteiger partial charge in [0.15, 0.2) is 0 Å². The second-order valence-corrected chi connectivity index (χ2v) is 6.12. The minimum Gasteiger partial charge on any atom is -0.481 e. The van der Waals surface area contributed by atoms with Crippen LogP contribution in [0.5, 0.6) is 0 Å². The Kier molecular flexibility index (Phi) is 11.2. The van der Waals surface area contributed by atoms with Gasteiger partial charge in [-0.25, -0.2) is 0 Å². The van der Waals surface area contributed by atoms with Gasteiger partial charge in [-0.15, -0.1) is 0 Å². The highest BCUT2D eigenvalue weighted by atomic mass is 16.6. The van der Waals surface area contributed by atoms with Crippen LogP contribution in [0.2, 0.25) is 0 Å². The molecule has 2 atom stereocenters. The lowest BCUT2D eigenvalue weighted by molar-refractivity contribution is -0.137. The first kappa shape index (κ1) is 19.7. The molecule has 0 amide bonds. The van der Waals surface area contributed by atoms with E-state index in [0.29, 0.717) is 12.2 Å². The lowest BCUT2D eigenvalue weighted by Crippen LogP contribution is -1.93. The summed E-state index contributed by atoms with van der Waals surface area (Å²) in [5, 5.41) is 8.53. The molecule has 0 aromatic heterocycles. The summed E-state index contributed by atoms with van der Waals surface area (Å²) in [4.78, 5) is 10.4. The molecule has 0 aromatic rings. The Morgan fingerprint density at radius 3 is 2.22 bits per heavy atom. The zero-order valence-electron chi connectivity index (χ0n) is 14.5. The van der Waals surface area contributed by atoms with Crippen LogP contribution in [0.1, 0.15) is 71.1 Å². The fourth-order valence-corrected chi connectivity index (χ4v) is 2.44. The Balaban J connectivity index is 1.93. The Bertz CT molecular complexity index is 396. The molecule has 1 aliphatic rings. The number of aliphatic carboxylic acids is 1. The first-order valence-electron chi connectivity index (χ1n) is 9.06. The molecule has 3 heteroatoms. The van der Waals surface area contributed by atoms with Gasteiger partial charge in [-0.1, -0.05) is 56.2 Å². The molecule has 0 radical (unpaired) electrons. The van der Waals surface area contributed by atoms with E-state index < -0.39 is 5.97 Å². The summed E-state index contributed by atoms with van der Waals surface area (Å²) >= 11 is 0. The monoisotopic (exact) mass is 320 g/mol. The van der Waals surface area contributed by atoms with Gasteiger partial charge >= 0.3 is 5.97 Å². The van der Waals surface area contributed by atoms with Gasteiger partial charge in [-0.05, 0) is 44.9 Å². The molecule has 0 saturated carbocycles. The molecule has 1 rings (SSSR count). The molecule has 0 aliphatic carbocycles. The number of ether oxygens (including phenoxy) is 1. The molecular formula is C20H32O3. The minimum absolute atomic E-state index is 0.255. The number of rotatable bonds is 14. The number of carbonyl (C=O) groups is 1. The van der Waals surface area contributed by atoms with Crippen molar-refractivity contribution in [3.05, 3.63) is 36.5 Å². The summed E-state index contributed by atoms with van der Waals surface area (Å²) in [5.74, 6) is -0.716.